The highest BCUT2D eigenvalue weighted by Gasteiger charge is 2.19. The normalized spacial score (nSPS) is 13.0. The number of sulfonamides is 1. The molecule has 0 aliphatic rings. The van der Waals surface area contributed by atoms with Crippen LogP contribution < -0.4 is 10.5 Å². The zero-order valence-electron chi connectivity index (χ0n) is 11.2. The third-order valence-electron chi connectivity index (χ3n) is 3.01. The fraction of sp³-hybridized carbons (Fsp3) is 0.143. The van der Waals surface area contributed by atoms with E-state index in [0.29, 0.717) is 5.02 Å². The zero-order chi connectivity index (χ0) is 15.6. The summed E-state index contributed by atoms with van der Waals surface area (Å²) >= 11 is 5.80. The van der Waals surface area contributed by atoms with E-state index in [1.54, 1.807) is 31.2 Å². The number of rotatable bonds is 4. The molecule has 0 bridgehead atoms. The molecular weight excluding hydrogens is 312 g/mol. The first-order valence-corrected chi connectivity index (χ1v) is 8.02. The third kappa shape index (κ3) is 3.66. The van der Waals surface area contributed by atoms with Gasteiger partial charge in [-0.1, -0.05) is 23.7 Å². The van der Waals surface area contributed by atoms with Gasteiger partial charge in [-0.25, -0.2) is 13.1 Å². The number of phenolic OH excluding ortho intramolecular Hbond substituents is 1. The van der Waals surface area contributed by atoms with Gasteiger partial charge in [-0.05, 0) is 42.8 Å². The Balaban J connectivity index is 2.24. The van der Waals surface area contributed by atoms with Gasteiger partial charge in [-0.3, -0.25) is 0 Å². The van der Waals surface area contributed by atoms with Crippen molar-refractivity contribution >= 4 is 27.3 Å². The Morgan fingerprint density at radius 3 is 2.38 bits per heavy atom. The lowest BCUT2D eigenvalue weighted by molar-refractivity contribution is 0.477. The van der Waals surface area contributed by atoms with Crippen LogP contribution in [0.1, 0.15) is 18.5 Å². The fourth-order valence-electron chi connectivity index (χ4n) is 1.82. The number of aromatic hydroxyl groups is 1. The summed E-state index contributed by atoms with van der Waals surface area (Å²) in [6.45, 7) is 1.73. The van der Waals surface area contributed by atoms with E-state index in [1.807, 2.05) is 0 Å². The van der Waals surface area contributed by atoms with Crippen LogP contribution in [-0.4, -0.2) is 13.5 Å². The molecule has 0 fully saturated rings. The minimum Gasteiger partial charge on any atom is -0.506 e. The van der Waals surface area contributed by atoms with Crippen molar-refractivity contribution in [2.45, 2.75) is 17.9 Å². The Hall–Kier alpha value is -1.76. The molecule has 2 aromatic rings. The van der Waals surface area contributed by atoms with Gasteiger partial charge in [0, 0.05) is 11.1 Å². The van der Waals surface area contributed by atoms with Gasteiger partial charge in [-0.2, -0.15) is 0 Å². The summed E-state index contributed by atoms with van der Waals surface area (Å²) < 4.78 is 27.1. The van der Waals surface area contributed by atoms with E-state index >= 15 is 0 Å². The van der Waals surface area contributed by atoms with Crippen molar-refractivity contribution < 1.29 is 13.5 Å². The average molecular weight is 327 g/mol. The van der Waals surface area contributed by atoms with Crippen LogP contribution in [-0.2, 0) is 10.0 Å². The van der Waals surface area contributed by atoms with Crippen molar-refractivity contribution in [3.8, 4) is 5.75 Å². The maximum atomic E-state index is 12.3. The Labute approximate surface area is 128 Å². The number of hydrogen-bond acceptors (Lipinski definition) is 4. The second-order valence-electron chi connectivity index (χ2n) is 4.62. The molecule has 0 aromatic heterocycles. The Morgan fingerprint density at radius 1 is 1.19 bits per heavy atom. The number of benzene rings is 2. The van der Waals surface area contributed by atoms with Crippen LogP contribution in [0.4, 0.5) is 5.69 Å². The molecule has 7 heteroatoms. The molecule has 4 N–H and O–H groups in total. The van der Waals surface area contributed by atoms with Crippen LogP contribution in [0.25, 0.3) is 0 Å². The molecule has 0 amide bonds. The smallest absolute Gasteiger partial charge is 0.241 e. The first-order valence-electron chi connectivity index (χ1n) is 6.16. The summed E-state index contributed by atoms with van der Waals surface area (Å²) in [5, 5.41) is 9.93. The number of nitrogen functional groups attached to an aromatic ring is 1. The van der Waals surface area contributed by atoms with Crippen LogP contribution in [0.3, 0.4) is 0 Å². The maximum Gasteiger partial charge on any atom is 0.241 e. The molecule has 0 radical (unpaired) electrons. The van der Waals surface area contributed by atoms with Crippen LogP contribution in [0.5, 0.6) is 5.75 Å². The highest BCUT2D eigenvalue weighted by atomic mass is 35.5. The van der Waals surface area contributed by atoms with Gasteiger partial charge in [0.05, 0.1) is 10.6 Å². The molecule has 2 aromatic carbocycles. The lowest BCUT2D eigenvalue weighted by Crippen LogP contribution is -2.26. The van der Waals surface area contributed by atoms with Crippen molar-refractivity contribution in [3.63, 3.8) is 0 Å². The molecule has 0 saturated carbocycles. The average Bonchev–Trinajstić information content (AvgIpc) is 2.42. The van der Waals surface area contributed by atoms with Gasteiger partial charge in [0.25, 0.3) is 0 Å². The summed E-state index contributed by atoms with van der Waals surface area (Å²) in [5.74, 6) is -0.153. The quantitative estimate of drug-likeness (QED) is 0.595. The number of hydrogen-bond donors (Lipinski definition) is 3. The molecule has 0 aliphatic heterocycles. The van der Waals surface area contributed by atoms with E-state index in [-0.39, 0.29) is 16.3 Å². The second-order valence-corrected chi connectivity index (χ2v) is 6.77. The van der Waals surface area contributed by atoms with Crippen LogP contribution in [0.2, 0.25) is 5.02 Å². The van der Waals surface area contributed by atoms with E-state index in [1.165, 1.54) is 18.2 Å². The number of phenols is 1. The second kappa shape index (κ2) is 5.93. The maximum absolute atomic E-state index is 12.3. The van der Waals surface area contributed by atoms with E-state index < -0.39 is 16.1 Å². The fourth-order valence-corrected chi connectivity index (χ4v) is 3.21. The monoisotopic (exact) mass is 326 g/mol. The predicted octanol–water partition coefficient (Wildman–Crippen LogP) is 2.67. The number of nitrogens with two attached hydrogens (primary N) is 1. The topological polar surface area (TPSA) is 92.4 Å². The molecule has 0 heterocycles. The molecule has 1 atom stereocenters. The van der Waals surface area contributed by atoms with Gasteiger partial charge in [0.15, 0.2) is 0 Å². The molecule has 0 aliphatic carbocycles. The van der Waals surface area contributed by atoms with Crippen molar-refractivity contribution in [2.75, 3.05) is 5.73 Å². The number of halogens is 1. The number of anilines is 1. The SMILES string of the molecule is CC(NS(=O)(=O)c1ccc(O)c(N)c1)c1ccc(Cl)cc1. The Morgan fingerprint density at radius 2 is 1.81 bits per heavy atom. The summed E-state index contributed by atoms with van der Waals surface area (Å²) in [6, 6.07) is 10.2. The van der Waals surface area contributed by atoms with Gasteiger partial charge in [-0.15, -0.1) is 0 Å². The standard InChI is InChI=1S/C14H15ClN2O3S/c1-9(10-2-4-11(15)5-3-10)17-21(19,20)12-6-7-14(18)13(16)8-12/h2-9,17-18H,16H2,1H3. The highest BCUT2D eigenvalue weighted by Crippen LogP contribution is 2.24. The Bertz CT molecular complexity index is 745. The first kappa shape index (κ1) is 15.6. The largest absolute Gasteiger partial charge is 0.506 e. The van der Waals surface area contributed by atoms with Crippen LogP contribution in [0, 0.1) is 0 Å². The molecule has 1 unspecified atom stereocenters. The molecule has 5 nitrogen and oxygen atoms in total. The first-order chi connectivity index (χ1) is 9.79. The van der Waals surface area contributed by atoms with Crippen molar-refractivity contribution in [1.29, 1.82) is 0 Å². The van der Waals surface area contributed by atoms with Crippen molar-refractivity contribution in [3.05, 3.63) is 53.1 Å². The molecule has 2 rings (SSSR count). The van der Waals surface area contributed by atoms with Crippen molar-refractivity contribution in [1.82, 2.24) is 4.72 Å². The Kier molecular flexibility index (Phi) is 4.41. The van der Waals surface area contributed by atoms with Gasteiger partial charge in [0.1, 0.15) is 5.75 Å². The lowest BCUT2D eigenvalue weighted by atomic mass is 10.1. The minimum absolute atomic E-state index is 0.00128. The summed E-state index contributed by atoms with van der Waals surface area (Å²) in [6.07, 6.45) is 0. The predicted molar refractivity (Wildman–Crippen MR) is 82.7 cm³/mol. The van der Waals surface area contributed by atoms with E-state index in [9.17, 15) is 13.5 Å². The number of nitrogens with one attached hydrogen (secondary N) is 1. The zero-order valence-corrected chi connectivity index (χ0v) is 12.8. The molecular formula is C14H15ClN2O3S. The molecule has 0 spiro atoms. The van der Waals surface area contributed by atoms with Crippen LogP contribution >= 0.6 is 11.6 Å². The third-order valence-corrected chi connectivity index (χ3v) is 4.80. The minimum atomic E-state index is -3.73. The van der Waals surface area contributed by atoms with Gasteiger partial charge >= 0.3 is 0 Å². The summed E-state index contributed by atoms with van der Waals surface area (Å²) in [5.41, 5.74) is 6.32. The summed E-state index contributed by atoms with van der Waals surface area (Å²) in [7, 11) is -3.73. The highest BCUT2D eigenvalue weighted by molar-refractivity contribution is 7.89. The summed E-state index contributed by atoms with van der Waals surface area (Å²) in [4.78, 5) is -0.00128. The molecule has 112 valence electrons. The van der Waals surface area contributed by atoms with E-state index in [0.717, 1.165) is 5.56 Å². The van der Waals surface area contributed by atoms with Gasteiger partial charge < -0.3 is 10.8 Å². The van der Waals surface area contributed by atoms with Crippen LogP contribution in [0.15, 0.2) is 47.4 Å². The lowest BCUT2D eigenvalue weighted by Gasteiger charge is -2.15. The van der Waals surface area contributed by atoms with E-state index in [4.69, 9.17) is 17.3 Å². The van der Waals surface area contributed by atoms with Gasteiger partial charge in [0.2, 0.25) is 10.0 Å². The van der Waals surface area contributed by atoms with E-state index in [2.05, 4.69) is 4.72 Å². The van der Waals surface area contributed by atoms with Crippen molar-refractivity contribution in [2.24, 2.45) is 0 Å². The molecule has 0 saturated heterocycles. The molecule has 21 heavy (non-hydrogen) atoms.